The molecule has 0 radical (unpaired) electrons. The van der Waals surface area contributed by atoms with Crippen molar-refractivity contribution in [2.75, 3.05) is 0 Å². The van der Waals surface area contributed by atoms with Crippen LogP contribution < -0.4 is 0 Å². The van der Waals surface area contributed by atoms with E-state index in [2.05, 4.69) is 46.3 Å². The summed E-state index contributed by atoms with van der Waals surface area (Å²) in [4.78, 5) is 12.3. The Morgan fingerprint density at radius 2 is 2.00 bits per heavy atom. The molecule has 96 valence electrons. The molecule has 3 aromatic rings. The Balaban J connectivity index is 2.29. The van der Waals surface area contributed by atoms with E-state index in [1.165, 1.54) is 11.1 Å². The largest absolute Gasteiger partial charge is 0.344 e. The smallest absolute Gasteiger partial charge is 0.138 e. The highest BCUT2D eigenvalue weighted by molar-refractivity contribution is 7.07. The number of imidazole rings is 1. The van der Waals surface area contributed by atoms with Crippen LogP contribution in [0.1, 0.15) is 16.8 Å². The first-order chi connectivity index (χ1) is 9.16. The predicted molar refractivity (Wildman–Crippen MR) is 79.3 cm³/mol. The van der Waals surface area contributed by atoms with Crippen LogP contribution in [0.5, 0.6) is 0 Å². The molecule has 0 amide bonds. The number of nitrogens with zero attached hydrogens (tertiary/aromatic N) is 2. The van der Waals surface area contributed by atoms with Crippen molar-refractivity contribution in [3.8, 4) is 22.6 Å². The third-order valence-corrected chi connectivity index (χ3v) is 3.97. The SMILES string of the molecule is Cc1c[nH]c(-c2c(-c3cscn3)ccc(C)c2C)n1. The summed E-state index contributed by atoms with van der Waals surface area (Å²) in [5.41, 5.74) is 8.68. The van der Waals surface area contributed by atoms with E-state index in [1.807, 2.05) is 18.6 Å². The predicted octanol–water partition coefficient (Wildman–Crippen LogP) is 4.13. The maximum atomic E-state index is 4.57. The van der Waals surface area contributed by atoms with Crippen molar-refractivity contribution in [2.24, 2.45) is 0 Å². The van der Waals surface area contributed by atoms with Crippen LogP contribution in [-0.2, 0) is 0 Å². The van der Waals surface area contributed by atoms with Crippen molar-refractivity contribution in [3.63, 3.8) is 0 Å². The van der Waals surface area contributed by atoms with E-state index in [9.17, 15) is 0 Å². The molecule has 0 fully saturated rings. The molecule has 0 atom stereocenters. The van der Waals surface area contributed by atoms with E-state index < -0.39 is 0 Å². The molecule has 0 aliphatic carbocycles. The van der Waals surface area contributed by atoms with Gasteiger partial charge in [0.2, 0.25) is 0 Å². The van der Waals surface area contributed by atoms with Gasteiger partial charge >= 0.3 is 0 Å². The van der Waals surface area contributed by atoms with Crippen molar-refractivity contribution in [1.29, 1.82) is 0 Å². The maximum Gasteiger partial charge on any atom is 0.138 e. The van der Waals surface area contributed by atoms with Gasteiger partial charge in [0.05, 0.1) is 16.9 Å². The molecular formula is C15H15N3S. The Morgan fingerprint density at radius 3 is 2.63 bits per heavy atom. The molecule has 0 spiro atoms. The summed E-state index contributed by atoms with van der Waals surface area (Å²) in [5, 5.41) is 2.07. The zero-order valence-electron chi connectivity index (χ0n) is 11.2. The first kappa shape index (κ1) is 12.1. The van der Waals surface area contributed by atoms with Crippen LogP contribution in [0.4, 0.5) is 0 Å². The summed E-state index contributed by atoms with van der Waals surface area (Å²) in [6.07, 6.45) is 1.93. The molecule has 0 saturated heterocycles. The molecule has 0 saturated carbocycles. The van der Waals surface area contributed by atoms with Gasteiger partial charge in [0.1, 0.15) is 5.82 Å². The number of benzene rings is 1. The highest BCUT2D eigenvalue weighted by Crippen LogP contribution is 2.34. The number of aromatic amines is 1. The summed E-state index contributed by atoms with van der Waals surface area (Å²) in [6.45, 7) is 6.26. The average Bonchev–Trinajstić information content (AvgIpc) is 3.03. The summed E-state index contributed by atoms with van der Waals surface area (Å²) in [6, 6.07) is 4.27. The zero-order chi connectivity index (χ0) is 13.4. The fourth-order valence-electron chi connectivity index (χ4n) is 2.22. The van der Waals surface area contributed by atoms with Crippen LogP contribution in [0.15, 0.2) is 29.2 Å². The van der Waals surface area contributed by atoms with Crippen LogP contribution >= 0.6 is 11.3 Å². The van der Waals surface area contributed by atoms with E-state index in [0.717, 1.165) is 28.3 Å². The van der Waals surface area contributed by atoms with E-state index >= 15 is 0 Å². The number of aryl methyl sites for hydroxylation is 2. The number of thiazole rings is 1. The third kappa shape index (κ3) is 2.08. The first-order valence-corrected chi connectivity index (χ1v) is 7.12. The van der Waals surface area contributed by atoms with Gasteiger partial charge < -0.3 is 4.98 Å². The van der Waals surface area contributed by atoms with E-state index in [-0.39, 0.29) is 0 Å². The van der Waals surface area contributed by atoms with Gasteiger partial charge in [0, 0.05) is 22.7 Å². The van der Waals surface area contributed by atoms with Crippen LogP contribution in [0.2, 0.25) is 0 Å². The number of rotatable bonds is 2. The summed E-state index contributed by atoms with van der Waals surface area (Å²) in [5.74, 6) is 0.918. The highest BCUT2D eigenvalue weighted by Gasteiger charge is 2.15. The highest BCUT2D eigenvalue weighted by atomic mass is 32.1. The second-order valence-corrected chi connectivity index (χ2v) is 5.41. The molecular weight excluding hydrogens is 254 g/mol. The lowest BCUT2D eigenvalue weighted by molar-refractivity contribution is 1.23. The van der Waals surface area contributed by atoms with E-state index in [4.69, 9.17) is 0 Å². The molecule has 0 aliphatic rings. The summed E-state index contributed by atoms with van der Waals surface area (Å²) in [7, 11) is 0. The lowest BCUT2D eigenvalue weighted by Crippen LogP contribution is -1.94. The summed E-state index contributed by atoms with van der Waals surface area (Å²) >= 11 is 1.61. The second-order valence-electron chi connectivity index (χ2n) is 4.69. The molecule has 2 heterocycles. The Kier molecular flexibility index (Phi) is 2.95. The van der Waals surface area contributed by atoms with Crippen molar-refractivity contribution in [2.45, 2.75) is 20.8 Å². The van der Waals surface area contributed by atoms with Gasteiger partial charge in [0.15, 0.2) is 0 Å². The summed E-state index contributed by atoms with van der Waals surface area (Å²) < 4.78 is 0. The lowest BCUT2D eigenvalue weighted by atomic mass is 9.95. The Bertz CT molecular complexity index is 711. The number of H-pyrrole nitrogens is 1. The monoisotopic (exact) mass is 269 g/mol. The van der Waals surface area contributed by atoms with Gasteiger partial charge in [-0.15, -0.1) is 11.3 Å². The van der Waals surface area contributed by atoms with Gasteiger partial charge in [-0.05, 0) is 31.9 Å². The molecule has 2 aromatic heterocycles. The normalized spacial score (nSPS) is 10.9. The van der Waals surface area contributed by atoms with Gasteiger partial charge in [-0.1, -0.05) is 12.1 Å². The second kappa shape index (κ2) is 4.63. The van der Waals surface area contributed by atoms with Gasteiger partial charge in [-0.2, -0.15) is 0 Å². The first-order valence-electron chi connectivity index (χ1n) is 6.18. The van der Waals surface area contributed by atoms with Crippen LogP contribution in [0.3, 0.4) is 0 Å². The molecule has 0 unspecified atom stereocenters. The van der Waals surface area contributed by atoms with Gasteiger partial charge in [-0.25, -0.2) is 9.97 Å². The molecule has 4 heteroatoms. The fourth-order valence-corrected chi connectivity index (χ4v) is 2.77. The average molecular weight is 269 g/mol. The van der Waals surface area contributed by atoms with Gasteiger partial charge in [0.25, 0.3) is 0 Å². The number of hydrogen-bond donors (Lipinski definition) is 1. The van der Waals surface area contributed by atoms with Crippen LogP contribution in [0.25, 0.3) is 22.6 Å². The molecule has 19 heavy (non-hydrogen) atoms. The molecule has 0 bridgehead atoms. The maximum absolute atomic E-state index is 4.57. The number of nitrogens with one attached hydrogen (secondary N) is 1. The Morgan fingerprint density at radius 1 is 1.16 bits per heavy atom. The quantitative estimate of drug-likeness (QED) is 0.760. The van der Waals surface area contributed by atoms with Gasteiger partial charge in [-0.3, -0.25) is 0 Å². The van der Waals surface area contributed by atoms with E-state index in [1.54, 1.807) is 11.3 Å². The lowest BCUT2D eigenvalue weighted by Gasteiger charge is -2.11. The zero-order valence-corrected chi connectivity index (χ0v) is 12.0. The molecule has 3 nitrogen and oxygen atoms in total. The van der Waals surface area contributed by atoms with E-state index in [0.29, 0.717) is 0 Å². The molecule has 3 rings (SSSR count). The molecule has 1 N–H and O–H groups in total. The van der Waals surface area contributed by atoms with Crippen molar-refractivity contribution in [1.82, 2.24) is 15.0 Å². The standard InChI is InChI=1S/C15H15N3S/c1-9-4-5-12(13-7-19-8-17-13)14(11(9)3)15-16-6-10(2)18-15/h4-8H,1-3H3,(H,16,18). The minimum atomic E-state index is 0.918. The van der Waals surface area contributed by atoms with Crippen molar-refractivity contribution < 1.29 is 0 Å². The van der Waals surface area contributed by atoms with Crippen molar-refractivity contribution in [3.05, 3.63) is 46.0 Å². The van der Waals surface area contributed by atoms with Crippen LogP contribution in [-0.4, -0.2) is 15.0 Å². The number of aromatic nitrogens is 3. The Hall–Kier alpha value is -1.94. The Labute approximate surface area is 116 Å². The third-order valence-electron chi connectivity index (χ3n) is 3.39. The fraction of sp³-hybridized carbons (Fsp3) is 0.200. The van der Waals surface area contributed by atoms with Crippen LogP contribution in [0, 0.1) is 20.8 Å². The molecule has 1 aromatic carbocycles. The minimum Gasteiger partial charge on any atom is -0.344 e. The molecule has 0 aliphatic heterocycles. The topological polar surface area (TPSA) is 41.6 Å². The number of hydrogen-bond acceptors (Lipinski definition) is 3. The van der Waals surface area contributed by atoms with Crippen molar-refractivity contribution >= 4 is 11.3 Å². The minimum absolute atomic E-state index is 0.918.